The molecule has 0 bridgehead atoms. The molecule has 0 saturated carbocycles. The molecule has 20 heavy (non-hydrogen) atoms. The molecule has 5 nitrogen and oxygen atoms in total. The van der Waals surface area contributed by atoms with E-state index in [0.717, 1.165) is 31.7 Å². The summed E-state index contributed by atoms with van der Waals surface area (Å²) >= 11 is 0. The highest BCUT2D eigenvalue weighted by Gasteiger charge is 2.16. The molecule has 0 aliphatic carbocycles. The van der Waals surface area contributed by atoms with Gasteiger partial charge in [0.05, 0.1) is 0 Å². The summed E-state index contributed by atoms with van der Waals surface area (Å²) in [6, 6.07) is 7.10. The number of carbonyl (C=O) groups is 1. The van der Waals surface area contributed by atoms with E-state index in [1.54, 1.807) is 18.2 Å². The quantitative estimate of drug-likeness (QED) is 0.740. The van der Waals surface area contributed by atoms with Gasteiger partial charge in [0.1, 0.15) is 6.61 Å². The van der Waals surface area contributed by atoms with Crippen LogP contribution in [0.3, 0.4) is 0 Å². The monoisotopic (exact) mass is 273 g/mol. The smallest absolute Gasteiger partial charge is 0.265 e. The molecule has 1 aromatic rings. The first-order chi connectivity index (χ1) is 9.69. The van der Waals surface area contributed by atoms with Gasteiger partial charge < -0.3 is 10.0 Å². The van der Waals surface area contributed by atoms with Crippen LogP contribution < -0.4 is 5.43 Å². The third-order valence-electron chi connectivity index (χ3n) is 3.20. The molecule has 5 heteroatoms. The Morgan fingerprint density at radius 2 is 2.10 bits per heavy atom. The van der Waals surface area contributed by atoms with Crippen LogP contribution in [0.25, 0.3) is 0 Å². The van der Waals surface area contributed by atoms with Crippen LogP contribution >= 0.6 is 0 Å². The van der Waals surface area contributed by atoms with E-state index in [2.05, 4.69) is 29.2 Å². The van der Waals surface area contributed by atoms with E-state index in [4.69, 9.17) is 5.11 Å². The molecule has 106 valence electrons. The van der Waals surface area contributed by atoms with Crippen molar-refractivity contribution >= 4 is 5.91 Å². The summed E-state index contributed by atoms with van der Waals surface area (Å²) in [7, 11) is 2.07. The highest BCUT2D eigenvalue weighted by Crippen LogP contribution is 2.05. The molecule has 2 rings (SSSR count). The predicted octanol–water partition coefficient (Wildman–Crippen LogP) is -0.0774. The Morgan fingerprint density at radius 1 is 1.35 bits per heavy atom. The molecular formula is C15H19N3O2. The number of hydrogen-bond donors (Lipinski definition) is 2. The predicted molar refractivity (Wildman–Crippen MR) is 76.9 cm³/mol. The average molecular weight is 273 g/mol. The summed E-state index contributed by atoms with van der Waals surface area (Å²) in [5, 5.41) is 10.6. The highest BCUT2D eigenvalue weighted by atomic mass is 16.2. The van der Waals surface area contributed by atoms with Gasteiger partial charge in [-0.05, 0) is 25.2 Å². The summed E-state index contributed by atoms with van der Waals surface area (Å²) < 4.78 is 0. The fourth-order valence-corrected chi connectivity index (χ4v) is 2.01. The number of piperazine rings is 1. The summed E-state index contributed by atoms with van der Waals surface area (Å²) in [6.45, 7) is 3.36. The minimum absolute atomic E-state index is 0.123. The van der Waals surface area contributed by atoms with Crippen molar-refractivity contribution in [2.45, 2.75) is 0 Å². The van der Waals surface area contributed by atoms with Crippen LogP contribution in [0.15, 0.2) is 24.3 Å². The fourth-order valence-electron chi connectivity index (χ4n) is 2.01. The van der Waals surface area contributed by atoms with Crippen molar-refractivity contribution in [1.29, 1.82) is 0 Å². The van der Waals surface area contributed by atoms with Crippen LogP contribution in [0.4, 0.5) is 0 Å². The van der Waals surface area contributed by atoms with Crippen molar-refractivity contribution in [3.63, 3.8) is 0 Å². The Balaban J connectivity index is 1.98. The van der Waals surface area contributed by atoms with Gasteiger partial charge in [0.25, 0.3) is 5.91 Å². The first-order valence-corrected chi connectivity index (χ1v) is 6.63. The van der Waals surface area contributed by atoms with Gasteiger partial charge in [-0.1, -0.05) is 17.9 Å². The number of benzene rings is 1. The van der Waals surface area contributed by atoms with Gasteiger partial charge in [0.2, 0.25) is 0 Å². The molecule has 0 radical (unpaired) electrons. The number of nitrogens with one attached hydrogen (secondary N) is 1. The maximum atomic E-state index is 12.2. The van der Waals surface area contributed by atoms with Crippen molar-refractivity contribution in [3.05, 3.63) is 35.4 Å². The number of hydrogen-bond acceptors (Lipinski definition) is 4. The Kier molecular flexibility index (Phi) is 5.13. The lowest BCUT2D eigenvalue weighted by atomic mass is 10.1. The molecule has 1 aliphatic heterocycles. The van der Waals surface area contributed by atoms with Gasteiger partial charge >= 0.3 is 0 Å². The van der Waals surface area contributed by atoms with Gasteiger partial charge in [-0.2, -0.15) is 0 Å². The first kappa shape index (κ1) is 14.5. The molecule has 0 spiro atoms. The van der Waals surface area contributed by atoms with E-state index >= 15 is 0 Å². The number of hydrazine groups is 1. The van der Waals surface area contributed by atoms with E-state index in [1.165, 1.54) is 0 Å². The third-order valence-corrected chi connectivity index (χ3v) is 3.20. The third kappa shape index (κ3) is 4.07. The van der Waals surface area contributed by atoms with Crippen LogP contribution in [-0.2, 0) is 0 Å². The Bertz CT molecular complexity index is 525. The van der Waals surface area contributed by atoms with E-state index in [-0.39, 0.29) is 12.5 Å². The molecule has 1 aromatic carbocycles. The number of rotatable bonds is 2. The second kappa shape index (κ2) is 7.06. The topological polar surface area (TPSA) is 55.8 Å². The Labute approximate surface area is 119 Å². The molecule has 0 unspecified atom stereocenters. The summed E-state index contributed by atoms with van der Waals surface area (Å²) in [6.07, 6.45) is 0. The van der Waals surface area contributed by atoms with E-state index in [1.807, 2.05) is 11.1 Å². The molecular weight excluding hydrogens is 254 g/mol. The lowest BCUT2D eigenvalue weighted by Crippen LogP contribution is -2.52. The molecule has 1 aliphatic rings. The van der Waals surface area contributed by atoms with Gasteiger partial charge in [0.15, 0.2) is 0 Å². The van der Waals surface area contributed by atoms with Crippen LogP contribution in [0.1, 0.15) is 15.9 Å². The average Bonchev–Trinajstić information content (AvgIpc) is 2.48. The number of nitrogens with zero attached hydrogens (tertiary/aromatic N) is 2. The van der Waals surface area contributed by atoms with Crippen molar-refractivity contribution < 1.29 is 9.90 Å². The van der Waals surface area contributed by atoms with Crippen molar-refractivity contribution in [1.82, 2.24) is 15.3 Å². The molecule has 1 heterocycles. The standard InChI is InChI=1S/C15H19N3O2/c1-17-7-9-18(10-8-17)16-15(20)14-6-2-4-13(12-14)5-3-11-19/h2,4,6,12,19H,7-11H2,1H3,(H,16,20). The molecule has 1 amide bonds. The van der Waals surface area contributed by atoms with Gasteiger partial charge in [-0.15, -0.1) is 0 Å². The Hall–Kier alpha value is -1.87. The van der Waals surface area contributed by atoms with Gasteiger partial charge in [-0.3, -0.25) is 10.2 Å². The van der Waals surface area contributed by atoms with E-state index < -0.39 is 0 Å². The zero-order valence-electron chi connectivity index (χ0n) is 11.6. The Morgan fingerprint density at radius 3 is 2.80 bits per heavy atom. The second-order valence-electron chi connectivity index (χ2n) is 4.77. The van der Waals surface area contributed by atoms with Crippen molar-refractivity contribution in [3.8, 4) is 11.8 Å². The SMILES string of the molecule is CN1CCN(NC(=O)c2cccc(C#CCO)c2)CC1. The highest BCUT2D eigenvalue weighted by molar-refractivity contribution is 5.94. The second-order valence-corrected chi connectivity index (χ2v) is 4.77. The lowest BCUT2D eigenvalue weighted by Gasteiger charge is -2.32. The molecule has 1 fully saturated rings. The normalized spacial score (nSPS) is 16.3. The first-order valence-electron chi connectivity index (χ1n) is 6.63. The molecule has 0 aromatic heterocycles. The zero-order chi connectivity index (χ0) is 14.4. The zero-order valence-corrected chi connectivity index (χ0v) is 11.6. The summed E-state index contributed by atoms with van der Waals surface area (Å²) in [4.78, 5) is 14.4. The summed E-state index contributed by atoms with van der Waals surface area (Å²) in [5.41, 5.74) is 4.21. The maximum absolute atomic E-state index is 12.2. The lowest BCUT2D eigenvalue weighted by molar-refractivity contribution is 0.0662. The largest absolute Gasteiger partial charge is 0.384 e. The van der Waals surface area contributed by atoms with E-state index in [9.17, 15) is 4.79 Å². The van der Waals surface area contributed by atoms with Crippen LogP contribution in [0.2, 0.25) is 0 Å². The van der Waals surface area contributed by atoms with Gasteiger partial charge in [0, 0.05) is 37.3 Å². The molecule has 2 N–H and O–H groups in total. The molecule has 1 saturated heterocycles. The minimum Gasteiger partial charge on any atom is -0.384 e. The number of aliphatic hydroxyl groups excluding tert-OH is 1. The number of likely N-dealkylation sites (N-methyl/N-ethyl adjacent to an activating group) is 1. The fraction of sp³-hybridized carbons (Fsp3) is 0.400. The minimum atomic E-state index is -0.183. The van der Waals surface area contributed by atoms with Gasteiger partial charge in [-0.25, -0.2) is 5.01 Å². The summed E-state index contributed by atoms with van der Waals surface area (Å²) in [5.74, 6) is 5.25. The number of aliphatic hydroxyl groups is 1. The van der Waals surface area contributed by atoms with Crippen LogP contribution in [-0.4, -0.2) is 60.8 Å². The number of carbonyl (C=O) groups excluding carboxylic acids is 1. The number of amides is 1. The van der Waals surface area contributed by atoms with E-state index in [0.29, 0.717) is 5.56 Å². The van der Waals surface area contributed by atoms with Crippen molar-refractivity contribution in [2.75, 3.05) is 39.8 Å². The van der Waals surface area contributed by atoms with Crippen molar-refractivity contribution in [2.24, 2.45) is 0 Å². The molecule has 0 atom stereocenters. The van der Waals surface area contributed by atoms with Crippen LogP contribution in [0.5, 0.6) is 0 Å². The maximum Gasteiger partial charge on any atom is 0.265 e. The van der Waals surface area contributed by atoms with Crippen LogP contribution in [0, 0.1) is 11.8 Å².